The lowest BCUT2D eigenvalue weighted by Crippen LogP contribution is -2.32. The average molecular weight is 313 g/mol. The van der Waals surface area contributed by atoms with E-state index < -0.39 is 0 Å². The fraction of sp³-hybridized carbons (Fsp3) is 0.278. The van der Waals surface area contributed by atoms with E-state index in [0.717, 1.165) is 11.3 Å². The molecule has 3 rings (SSSR count). The van der Waals surface area contributed by atoms with Crippen molar-refractivity contribution in [2.75, 3.05) is 12.3 Å². The number of rotatable bonds is 2. The number of amides is 1. The summed E-state index contributed by atoms with van der Waals surface area (Å²) in [5, 5.41) is 0. The second-order valence-corrected chi connectivity index (χ2v) is 6.56. The summed E-state index contributed by atoms with van der Waals surface area (Å²) in [6.45, 7) is 3.74. The Morgan fingerprint density at radius 2 is 2.05 bits per heavy atom. The number of carbonyl (C=O) groups excluding carboxylic acids is 1. The Bertz CT molecular complexity index is 657. The van der Waals surface area contributed by atoms with Crippen molar-refractivity contribution in [1.29, 1.82) is 0 Å². The average Bonchev–Trinajstić information content (AvgIpc) is 2.75. The lowest BCUT2D eigenvalue weighted by Gasteiger charge is -2.20. The van der Waals surface area contributed by atoms with Crippen molar-refractivity contribution in [2.24, 2.45) is 0 Å². The van der Waals surface area contributed by atoms with E-state index in [-0.39, 0.29) is 6.09 Å². The number of nitrogens with zero attached hydrogens (tertiary/aromatic N) is 1. The minimum atomic E-state index is -0.237. The highest BCUT2D eigenvalue weighted by Crippen LogP contribution is 2.28. The number of hydrogen-bond acceptors (Lipinski definition) is 3. The van der Waals surface area contributed by atoms with E-state index >= 15 is 0 Å². The van der Waals surface area contributed by atoms with Crippen LogP contribution in [-0.2, 0) is 17.9 Å². The smallest absolute Gasteiger partial charge is 0.410 e. The Hall–Kier alpha value is -1.94. The van der Waals surface area contributed by atoms with Gasteiger partial charge in [0.05, 0.1) is 6.54 Å². The molecule has 0 atom stereocenters. The number of carbonyl (C=O) groups is 1. The van der Waals surface area contributed by atoms with E-state index in [0.29, 0.717) is 19.7 Å². The largest absolute Gasteiger partial charge is 0.445 e. The molecule has 2 aromatic carbocycles. The molecular weight excluding hydrogens is 294 g/mol. The van der Waals surface area contributed by atoms with Crippen LogP contribution in [-0.4, -0.2) is 23.3 Å². The molecule has 2 aromatic rings. The molecule has 0 spiro atoms. The van der Waals surface area contributed by atoms with Gasteiger partial charge in [0.1, 0.15) is 6.61 Å². The van der Waals surface area contributed by atoms with Crippen molar-refractivity contribution in [3.05, 3.63) is 65.2 Å². The topological polar surface area (TPSA) is 29.5 Å². The van der Waals surface area contributed by atoms with Crippen molar-refractivity contribution < 1.29 is 9.53 Å². The number of benzene rings is 2. The van der Waals surface area contributed by atoms with E-state index in [9.17, 15) is 4.79 Å². The summed E-state index contributed by atoms with van der Waals surface area (Å²) in [5.41, 5.74) is 3.44. The molecule has 1 aliphatic rings. The number of hydrogen-bond donors (Lipinski definition) is 0. The maximum Gasteiger partial charge on any atom is 0.410 e. The number of ether oxygens (including phenoxy) is 1. The van der Waals surface area contributed by atoms with Gasteiger partial charge in [0.25, 0.3) is 0 Å². The summed E-state index contributed by atoms with van der Waals surface area (Å²) in [6, 6.07) is 16.2. The van der Waals surface area contributed by atoms with Gasteiger partial charge >= 0.3 is 6.09 Å². The second-order valence-electron chi connectivity index (χ2n) is 5.42. The van der Waals surface area contributed by atoms with Gasteiger partial charge in [-0.25, -0.2) is 4.79 Å². The summed E-state index contributed by atoms with van der Waals surface area (Å²) in [6.07, 6.45) is -0.237. The van der Waals surface area contributed by atoms with Crippen LogP contribution in [0.5, 0.6) is 0 Å². The fourth-order valence-electron chi connectivity index (χ4n) is 2.49. The molecule has 0 saturated carbocycles. The molecule has 3 nitrogen and oxygen atoms in total. The fourth-order valence-corrected chi connectivity index (χ4v) is 3.49. The Labute approximate surface area is 135 Å². The van der Waals surface area contributed by atoms with Crippen molar-refractivity contribution in [3.8, 4) is 0 Å². The molecule has 0 aliphatic carbocycles. The molecule has 1 amide bonds. The first-order valence-corrected chi connectivity index (χ1v) is 8.39. The molecule has 114 valence electrons. The first kappa shape index (κ1) is 15.0. The van der Waals surface area contributed by atoms with Gasteiger partial charge in [0.15, 0.2) is 0 Å². The quantitative estimate of drug-likeness (QED) is 0.830. The number of thioether (sulfide) groups is 1. The second kappa shape index (κ2) is 6.88. The summed E-state index contributed by atoms with van der Waals surface area (Å²) < 4.78 is 5.45. The third kappa shape index (κ3) is 3.63. The van der Waals surface area contributed by atoms with Crippen LogP contribution in [0.2, 0.25) is 0 Å². The molecule has 0 aromatic heterocycles. The molecule has 0 saturated heterocycles. The molecule has 4 heteroatoms. The SMILES string of the molecule is Cc1ccc2c(c1)CN(C(=O)OCc1ccccc1)CCS2. The Kier molecular flexibility index (Phi) is 4.68. The van der Waals surface area contributed by atoms with Crippen LogP contribution in [0.3, 0.4) is 0 Å². The molecule has 22 heavy (non-hydrogen) atoms. The summed E-state index contributed by atoms with van der Waals surface area (Å²) >= 11 is 1.80. The molecular formula is C18H19NO2S. The van der Waals surface area contributed by atoms with E-state index in [1.807, 2.05) is 30.3 Å². The standard InChI is InChI=1S/C18H19NO2S/c1-14-7-8-17-16(11-14)12-19(9-10-22-17)18(20)21-13-15-5-3-2-4-6-15/h2-8,11H,9-10,12-13H2,1H3. The highest BCUT2D eigenvalue weighted by Gasteiger charge is 2.20. The minimum Gasteiger partial charge on any atom is -0.445 e. The van der Waals surface area contributed by atoms with E-state index in [2.05, 4.69) is 25.1 Å². The van der Waals surface area contributed by atoms with Crippen molar-refractivity contribution >= 4 is 17.9 Å². The molecule has 0 N–H and O–H groups in total. The van der Waals surface area contributed by atoms with Crippen LogP contribution in [0, 0.1) is 6.92 Å². The Balaban J connectivity index is 1.65. The Morgan fingerprint density at radius 1 is 1.23 bits per heavy atom. The van der Waals surface area contributed by atoms with Crippen LogP contribution in [0.25, 0.3) is 0 Å². The van der Waals surface area contributed by atoms with Gasteiger partial charge < -0.3 is 9.64 Å². The van der Waals surface area contributed by atoms with E-state index in [4.69, 9.17) is 4.74 Å². The highest BCUT2D eigenvalue weighted by atomic mass is 32.2. The number of aryl methyl sites for hydroxylation is 1. The predicted molar refractivity (Wildman–Crippen MR) is 88.9 cm³/mol. The van der Waals surface area contributed by atoms with Gasteiger partial charge in [0, 0.05) is 17.2 Å². The summed E-state index contributed by atoms with van der Waals surface area (Å²) in [7, 11) is 0. The molecule has 0 unspecified atom stereocenters. The molecule has 1 heterocycles. The zero-order valence-corrected chi connectivity index (χ0v) is 13.4. The van der Waals surface area contributed by atoms with Gasteiger partial charge in [-0.1, -0.05) is 48.0 Å². The lowest BCUT2D eigenvalue weighted by molar-refractivity contribution is 0.0961. The van der Waals surface area contributed by atoms with Crippen LogP contribution < -0.4 is 0 Å². The van der Waals surface area contributed by atoms with Gasteiger partial charge in [0.2, 0.25) is 0 Å². The van der Waals surface area contributed by atoms with Gasteiger partial charge in [-0.2, -0.15) is 0 Å². The highest BCUT2D eigenvalue weighted by molar-refractivity contribution is 7.99. The van der Waals surface area contributed by atoms with E-state index in [1.165, 1.54) is 16.0 Å². The van der Waals surface area contributed by atoms with Crippen LogP contribution >= 0.6 is 11.8 Å². The van der Waals surface area contributed by atoms with Crippen molar-refractivity contribution in [3.63, 3.8) is 0 Å². The first-order valence-electron chi connectivity index (χ1n) is 7.40. The summed E-state index contributed by atoms with van der Waals surface area (Å²) in [5.74, 6) is 0.899. The summed E-state index contributed by atoms with van der Waals surface area (Å²) in [4.78, 5) is 15.4. The lowest BCUT2D eigenvalue weighted by atomic mass is 10.1. The molecule has 0 bridgehead atoms. The third-order valence-electron chi connectivity index (χ3n) is 3.66. The monoisotopic (exact) mass is 313 g/mol. The van der Waals surface area contributed by atoms with Crippen LogP contribution in [0.4, 0.5) is 4.79 Å². The number of fused-ring (bicyclic) bond motifs is 1. The minimum absolute atomic E-state index is 0.237. The van der Waals surface area contributed by atoms with Crippen molar-refractivity contribution in [2.45, 2.75) is 25.0 Å². The van der Waals surface area contributed by atoms with Gasteiger partial charge in [-0.3, -0.25) is 0 Å². The maximum absolute atomic E-state index is 12.3. The van der Waals surface area contributed by atoms with Gasteiger partial charge in [-0.15, -0.1) is 11.8 Å². The third-order valence-corrected chi connectivity index (χ3v) is 4.76. The molecule has 0 fully saturated rings. The molecule has 0 radical (unpaired) electrons. The zero-order valence-electron chi connectivity index (χ0n) is 12.6. The normalized spacial score (nSPS) is 14.1. The predicted octanol–water partition coefficient (Wildman–Crippen LogP) is 4.24. The van der Waals surface area contributed by atoms with Gasteiger partial charge in [-0.05, 0) is 24.1 Å². The first-order chi connectivity index (χ1) is 10.7. The maximum atomic E-state index is 12.3. The van der Waals surface area contributed by atoms with E-state index in [1.54, 1.807) is 16.7 Å². The van der Waals surface area contributed by atoms with Crippen LogP contribution in [0.15, 0.2) is 53.4 Å². The molecule has 1 aliphatic heterocycles. The van der Waals surface area contributed by atoms with Crippen molar-refractivity contribution in [1.82, 2.24) is 4.90 Å². The van der Waals surface area contributed by atoms with Crippen LogP contribution in [0.1, 0.15) is 16.7 Å². The zero-order chi connectivity index (χ0) is 15.4. The Morgan fingerprint density at radius 3 is 2.86 bits per heavy atom.